The highest BCUT2D eigenvalue weighted by Gasteiger charge is 2.57. The maximum absolute atomic E-state index is 14.1. The van der Waals surface area contributed by atoms with Crippen LogP contribution in [-0.4, -0.2) is 213 Å². The number of thiophene rings is 1. The predicted molar refractivity (Wildman–Crippen MR) is 296 cm³/mol. The van der Waals surface area contributed by atoms with Crippen molar-refractivity contribution >= 4 is 35.2 Å². The summed E-state index contributed by atoms with van der Waals surface area (Å²) in [5.41, 5.74) is 1.05. The van der Waals surface area contributed by atoms with Gasteiger partial charge in [0.25, 0.3) is 0 Å². The van der Waals surface area contributed by atoms with E-state index in [-0.39, 0.29) is 43.9 Å². The molecule has 7 aliphatic rings. The number of amides is 3. The number of aromatic nitrogens is 2. The quantitative estimate of drug-likeness (QED) is 0.0336. The van der Waals surface area contributed by atoms with Gasteiger partial charge in [-0.15, -0.1) is 16.2 Å². The molecule has 488 valence electrons. The first-order chi connectivity index (χ1) is 42.6. The number of methoxy groups -OCH3 is 2. The second kappa shape index (κ2) is 28.9. The van der Waals surface area contributed by atoms with Crippen molar-refractivity contribution in [2.75, 3.05) is 59.8 Å². The van der Waals surface area contributed by atoms with Gasteiger partial charge in [-0.05, 0) is 65.7 Å². The summed E-state index contributed by atoms with van der Waals surface area (Å²) in [6.45, 7) is 3.25. The molecule has 11 rings (SSSR count). The van der Waals surface area contributed by atoms with Gasteiger partial charge in [-0.25, -0.2) is 18.8 Å². The van der Waals surface area contributed by atoms with Gasteiger partial charge >= 0.3 is 23.8 Å². The Morgan fingerprint density at radius 3 is 2.22 bits per heavy atom. The van der Waals surface area contributed by atoms with Crippen LogP contribution in [-0.2, 0) is 42.7 Å². The minimum absolute atomic E-state index is 0.0242. The summed E-state index contributed by atoms with van der Waals surface area (Å²) in [6, 6.07) is 8.36. The molecular formula is C55H69FN6O26S. The maximum atomic E-state index is 14.1. The van der Waals surface area contributed by atoms with Crippen LogP contribution in [0.15, 0.2) is 58.1 Å². The highest BCUT2D eigenvalue weighted by Crippen LogP contribution is 2.57. The number of carbonyl (C=O) groups excluding carboxylic acids is 3. The number of fused-ring (bicyclic) bond motifs is 4. The lowest BCUT2D eigenvalue weighted by Gasteiger charge is -2.48. The Labute approximate surface area is 508 Å². The fourth-order valence-corrected chi connectivity index (χ4v) is 11.8. The number of hydrogen-bond acceptors (Lipinski definition) is 29. The molecule has 3 amide bonds. The van der Waals surface area contributed by atoms with Crippen LogP contribution in [0.25, 0.3) is 0 Å². The molecule has 4 aromatic rings. The Morgan fingerprint density at radius 2 is 1.60 bits per heavy atom. The lowest BCUT2D eigenvalue weighted by atomic mass is 9.66. The number of aliphatic hydroxyl groups is 8. The monoisotopic (exact) mass is 1280 g/mol. The number of phenols is 1. The van der Waals surface area contributed by atoms with Crippen molar-refractivity contribution in [2.24, 2.45) is 17.1 Å². The highest BCUT2D eigenvalue weighted by molar-refractivity contribution is 7.10. The van der Waals surface area contributed by atoms with Gasteiger partial charge in [0.1, 0.15) is 61.0 Å². The molecule has 0 saturated carbocycles. The Bertz CT molecular complexity index is 3160. The standard InChI is InChI=1S/C32H32O13S.C15H22FN3O6.C8H15N3O7/c1-37-19-6-13(7-20(38-2)25(19)33)23-14-8-17-18(42-12-41-17)9-15(14)28(16-10-39-30(36)24(16)23)44-32-27(35)26(34)29-21(43-32)11-40-31(45-29)22-4-3-5-46-22;1-3-4-5-6-24-15(23)18-12-9(16)7-19(14(22)17-12)13-11(21)10(20)8(2)25-13;1-11(10-17)8(16)9-4-6(14)5(13)3(2-12)18-7(4)15/h3-9,16,21,23-24,26-29,31-35H,10-12H2,1-2H3;7-8,10-11,13,20-21H,3-6H2,1-2H3,(H,17,18,22,23);3-7,12-15H,2H2,1H3,(H,9,16)/t16?,21-,23-,24+,26-,27-,28?,29-,31?,32+;8-,10-,11-,13-;3-,4-,5-,6-,7+/m111/s1. The van der Waals surface area contributed by atoms with E-state index in [1.165, 1.54) is 32.5 Å². The van der Waals surface area contributed by atoms with Gasteiger partial charge in [0, 0.05) is 18.9 Å². The zero-order valence-corrected chi connectivity index (χ0v) is 49.1. The van der Waals surface area contributed by atoms with E-state index in [9.17, 15) is 69.3 Å². The first kappa shape index (κ1) is 66.4. The summed E-state index contributed by atoms with van der Waals surface area (Å²) in [4.78, 5) is 62.8. The third-order valence-corrected chi connectivity index (χ3v) is 16.7. The molecule has 8 heterocycles. The van der Waals surface area contributed by atoms with Crippen LogP contribution in [0.3, 0.4) is 0 Å². The zero-order chi connectivity index (χ0) is 64.1. The van der Waals surface area contributed by atoms with Gasteiger partial charge in [0.2, 0.25) is 12.5 Å². The van der Waals surface area contributed by atoms with E-state index in [1.807, 2.05) is 30.5 Å². The van der Waals surface area contributed by atoms with Crippen LogP contribution in [0.5, 0.6) is 28.7 Å². The Morgan fingerprint density at radius 1 is 0.888 bits per heavy atom. The number of esters is 1. The van der Waals surface area contributed by atoms with Gasteiger partial charge in [0.05, 0.1) is 75.1 Å². The summed E-state index contributed by atoms with van der Waals surface area (Å²) >= 11 is 1.46. The summed E-state index contributed by atoms with van der Waals surface area (Å²) in [6.07, 6.45) is -15.3. The number of anilines is 1. The van der Waals surface area contributed by atoms with Crippen LogP contribution < -0.4 is 35.3 Å². The Kier molecular flexibility index (Phi) is 21.5. The predicted octanol–water partition coefficient (Wildman–Crippen LogP) is 0.622. The largest absolute Gasteiger partial charge is 0.502 e. The van der Waals surface area contributed by atoms with Crippen LogP contribution in [0, 0.1) is 22.6 Å². The lowest BCUT2D eigenvalue weighted by molar-refractivity contribution is -0.368. The number of urea groups is 1. The second-order valence-electron chi connectivity index (χ2n) is 21.4. The van der Waals surface area contributed by atoms with E-state index in [4.69, 9.17) is 61.9 Å². The summed E-state index contributed by atoms with van der Waals surface area (Å²) in [5.74, 6) is -2.67. The molecule has 2 aromatic heterocycles. The molecule has 0 radical (unpaired) electrons. The normalized spacial score (nSPS) is 32.2. The molecule has 1 aliphatic carbocycles. The number of carbonyl (C=O) groups is 3. The number of halogens is 1. The van der Waals surface area contributed by atoms with Crippen molar-refractivity contribution in [1.29, 1.82) is 0 Å². The van der Waals surface area contributed by atoms with Crippen LogP contribution >= 0.6 is 11.3 Å². The maximum Gasteiger partial charge on any atom is 0.412 e. The number of aromatic hydroxyl groups is 1. The van der Waals surface area contributed by atoms with Crippen LogP contribution in [0.1, 0.15) is 79.2 Å². The van der Waals surface area contributed by atoms with Gasteiger partial charge in [-0.1, -0.05) is 25.8 Å². The molecule has 19 atom stereocenters. The van der Waals surface area contributed by atoms with Crippen LogP contribution in [0.4, 0.5) is 19.8 Å². The van der Waals surface area contributed by atoms with Crippen molar-refractivity contribution < 1.29 is 122 Å². The third-order valence-electron chi connectivity index (χ3n) is 15.8. The van der Waals surface area contributed by atoms with E-state index in [2.05, 4.69) is 20.9 Å². The number of hydrogen-bond donors (Lipinski definition) is 11. The van der Waals surface area contributed by atoms with Crippen molar-refractivity contribution in [2.45, 2.75) is 137 Å². The number of nitrogens with zero attached hydrogens (tertiary/aromatic N) is 4. The molecule has 2 aromatic carbocycles. The fraction of sp³-hybridized carbons (Fsp3) is 0.582. The summed E-state index contributed by atoms with van der Waals surface area (Å²) < 4.78 is 82.3. The highest BCUT2D eigenvalue weighted by atomic mass is 32.1. The average molecular weight is 1280 g/mol. The van der Waals surface area contributed by atoms with E-state index < -0.39 is 158 Å². The number of cyclic esters (lactones) is 1. The number of nitroso groups, excluding NO2 is 1. The van der Waals surface area contributed by atoms with E-state index >= 15 is 0 Å². The van der Waals surface area contributed by atoms with Crippen molar-refractivity contribution in [3.8, 4) is 28.7 Å². The lowest BCUT2D eigenvalue weighted by Crippen LogP contribution is -2.64. The van der Waals surface area contributed by atoms with Crippen molar-refractivity contribution in [3.05, 3.63) is 90.8 Å². The van der Waals surface area contributed by atoms with Gasteiger partial charge in [-0.2, -0.15) is 9.99 Å². The number of ether oxygens (including phenoxy) is 12. The Hall–Kier alpha value is -7.00. The molecule has 6 aliphatic heterocycles. The summed E-state index contributed by atoms with van der Waals surface area (Å²) in [5, 5.41) is 99.0. The smallest absolute Gasteiger partial charge is 0.412 e. The molecule has 0 bridgehead atoms. The fourth-order valence-electron chi connectivity index (χ4n) is 11.1. The van der Waals surface area contributed by atoms with E-state index in [0.717, 1.165) is 35.5 Å². The van der Waals surface area contributed by atoms with E-state index in [1.54, 1.807) is 18.2 Å². The first-order valence-electron chi connectivity index (χ1n) is 28.1. The number of aliphatic hydroxyl groups excluding tert-OH is 8. The number of nitrogens with one attached hydrogen (secondary N) is 2. The molecule has 0 spiro atoms. The molecule has 3 unspecified atom stereocenters. The molecule has 11 N–H and O–H groups in total. The molecule has 89 heavy (non-hydrogen) atoms. The molecule has 5 fully saturated rings. The number of unbranched alkanes of at least 4 members (excludes halogenated alkanes) is 2. The van der Waals surface area contributed by atoms with Gasteiger partial charge < -0.3 is 108 Å². The molecule has 34 heteroatoms. The first-order valence-corrected chi connectivity index (χ1v) is 29.0. The average Bonchev–Trinajstić information content (AvgIpc) is 1.87. The SMILES string of the molecule is CCCCCOC(=O)Nc1nc(=O)n([C@@H]2O[C@H](C)[C@@H](O)[C@H]2O)cc1F.CN(N=O)C(=O)N[C@@H]1[C@@H](O)[C@H](O)[C@@H](CO)O[C@@H]1O.COc1cc([C@@H]2c3cc4c(cc3C(O[C@@H]3O[C@@H]5COC(c6cccs6)O[C@H]5[C@H](O)[C@H]3O)C3COC(=O)[C@@H]32)OCO4)cc(OC)c1O. The van der Waals surface area contributed by atoms with Gasteiger partial charge in [0.15, 0.2) is 59.7 Å². The minimum Gasteiger partial charge on any atom is -0.502 e. The topological polar surface area (TPSA) is 436 Å². The number of rotatable bonds is 15. The van der Waals surface area contributed by atoms with Crippen molar-refractivity contribution in [1.82, 2.24) is 19.9 Å². The molecular weight excluding hydrogens is 1210 g/mol. The van der Waals surface area contributed by atoms with E-state index in [0.29, 0.717) is 39.6 Å². The zero-order valence-electron chi connectivity index (χ0n) is 48.3. The molecule has 5 saturated heterocycles. The number of benzene rings is 2. The van der Waals surface area contributed by atoms with Crippen molar-refractivity contribution in [3.63, 3.8) is 0 Å². The Balaban J connectivity index is 0.000000184. The summed E-state index contributed by atoms with van der Waals surface area (Å²) in [7, 11) is 3.93. The minimum atomic E-state index is -1.63. The van der Waals surface area contributed by atoms with Gasteiger partial charge in [-0.3, -0.25) is 14.7 Å². The second-order valence-corrected chi connectivity index (χ2v) is 22.4. The number of phenolic OH excluding ortho intramolecular Hbond substituents is 1. The van der Waals surface area contributed by atoms with Crippen LogP contribution in [0.2, 0.25) is 0 Å². The molecule has 32 nitrogen and oxygen atoms in total. The third kappa shape index (κ3) is 14.0.